The molecular weight excluding hydrogens is 252 g/mol. The van der Waals surface area contributed by atoms with E-state index in [0.29, 0.717) is 24.7 Å². The van der Waals surface area contributed by atoms with E-state index in [9.17, 15) is 4.79 Å². The van der Waals surface area contributed by atoms with E-state index in [1.54, 1.807) is 6.07 Å². The van der Waals surface area contributed by atoms with Crippen molar-refractivity contribution < 1.29 is 9.53 Å². The van der Waals surface area contributed by atoms with Crippen LogP contribution in [0.15, 0.2) is 29.3 Å². The minimum absolute atomic E-state index is 0.175. The number of hydrogen-bond acceptors (Lipinski definition) is 3. The topological polar surface area (TPSA) is 50.7 Å². The smallest absolute Gasteiger partial charge is 0.291 e. The van der Waals surface area contributed by atoms with Gasteiger partial charge in [0, 0.05) is 12.1 Å². The summed E-state index contributed by atoms with van der Waals surface area (Å²) in [5.41, 5.74) is 1.58. The molecule has 0 saturated heterocycles. The third-order valence-electron chi connectivity index (χ3n) is 2.91. The molecule has 0 saturated carbocycles. The van der Waals surface area contributed by atoms with Gasteiger partial charge in [0.05, 0.1) is 6.61 Å². The second-order valence-corrected chi connectivity index (χ2v) is 4.60. The number of nitrogens with zero attached hydrogens (tertiary/aromatic N) is 1. The Bertz CT molecular complexity index is 456. The van der Waals surface area contributed by atoms with Gasteiger partial charge in [-0.2, -0.15) is 0 Å². The number of nitrogens with one attached hydrogen (secondary N) is 1. The van der Waals surface area contributed by atoms with Crippen LogP contribution in [0.3, 0.4) is 0 Å². The van der Waals surface area contributed by atoms with Gasteiger partial charge >= 0.3 is 0 Å². The summed E-state index contributed by atoms with van der Waals surface area (Å²) in [7, 11) is 0. The number of unbranched alkanes of at least 4 members (excludes halogenated alkanes) is 2. The fourth-order valence-electron chi connectivity index (χ4n) is 1.79. The Morgan fingerprint density at radius 3 is 2.65 bits per heavy atom. The van der Waals surface area contributed by atoms with Crippen molar-refractivity contribution in [2.45, 2.75) is 40.0 Å². The van der Waals surface area contributed by atoms with Gasteiger partial charge in [-0.3, -0.25) is 10.1 Å². The highest BCUT2D eigenvalue weighted by Gasteiger charge is 2.11. The first-order valence-electron chi connectivity index (χ1n) is 7.23. The average molecular weight is 276 g/mol. The van der Waals surface area contributed by atoms with Crippen molar-refractivity contribution in [3.05, 3.63) is 35.4 Å². The van der Waals surface area contributed by atoms with E-state index in [4.69, 9.17) is 4.74 Å². The maximum Gasteiger partial charge on any atom is 0.291 e. The molecule has 4 heteroatoms. The molecule has 0 fully saturated rings. The Hall–Kier alpha value is -1.84. The molecule has 0 aliphatic heterocycles. The lowest BCUT2D eigenvalue weighted by atomic mass is 10.1. The Labute approximate surface area is 121 Å². The van der Waals surface area contributed by atoms with E-state index in [1.165, 1.54) is 0 Å². The minimum Gasteiger partial charge on any atom is -0.465 e. The highest BCUT2D eigenvalue weighted by atomic mass is 16.5. The van der Waals surface area contributed by atoms with Crippen molar-refractivity contribution >= 4 is 11.9 Å². The molecule has 0 heterocycles. The van der Waals surface area contributed by atoms with Gasteiger partial charge < -0.3 is 4.74 Å². The van der Waals surface area contributed by atoms with Crippen molar-refractivity contribution in [2.24, 2.45) is 4.99 Å². The van der Waals surface area contributed by atoms with E-state index in [0.717, 1.165) is 24.8 Å². The Kier molecular flexibility index (Phi) is 7.40. The summed E-state index contributed by atoms with van der Waals surface area (Å²) in [6.07, 6.45) is 3.29. The van der Waals surface area contributed by atoms with Gasteiger partial charge in [-0.25, -0.2) is 4.99 Å². The predicted molar refractivity (Wildman–Crippen MR) is 82.1 cm³/mol. The van der Waals surface area contributed by atoms with Crippen LogP contribution in [0.1, 0.15) is 49.0 Å². The minimum atomic E-state index is -0.175. The zero-order valence-electron chi connectivity index (χ0n) is 12.6. The molecule has 0 aromatic heterocycles. The number of ether oxygens (including phenoxy) is 1. The molecule has 0 aliphatic rings. The van der Waals surface area contributed by atoms with Crippen molar-refractivity contribution in [3.63, 3.8) is 0 Å². The molecule has 0 unspecified atom stereocenters. The Morgan fingerprint density at radius 1 is 1.25 bits per heavy atom. The Balaban J connectivity index is 2.65. The van der Waals surface area contributed by atoms with Gasteiger partial charge in [-0.1, -0.05) is 38.0 Å². The molecule has 0 aliphatic carbocycles. The van der Waals surface area contributed by atoms with Crippen LogP contribution in [0.25, 0.3) is 0 Å². The first-order valence-corrected chi connectivity index (χ1v) is 7.23. The number of aryl methyl sites for hydroxylation is 1. The number of amides is 1. The summed E-state index contributed by atoms with van der Waals surface area (Å²) in [6, 6.07) is 7.78. The van der Waals surface area contributed by atoms with Gasteiger partial charge in [-0.15, -0.1) is 0 Å². The summed E-state index contributed by atoms with van der Waals surface area (Å²) < 4.78 is 5.37. The molecule has 0 spiro atoms. The van der Waals surface area contributed by atoms with Crippen LogP contribution in [0.4, 0.5) is 0 Å². The van der Waals surface area contributed by atoms with E-state index in [2.05, 4.69) is 17.2 Å². The normalized spacial score (nSPS) is 11.2. The number of hydrogen-bond donors (Lipinski definition) is 1. The largest absolute Gasteiger partial charge is 0.465 e. The summed E-state index contributed by atoms with van der Waals surface area (Å²) in [6.45, 7) is 7.10. The lowest BCUT2D eigenvalue weighted by molar-refractivity contribution is 0.0965. The molecule has 1 rings (SSSR count). The molecule has 1 aromatic rings. The molecule has 4 nitrogen and oxygen atoms in total. The second kappa shape index (κ2) is 9.13. The van der Waals surface area contributed by atoms with Gasteiger partial charge in [-0.05, 0) is 31.9 Å². The molecule has 1 N–H and O–H groups in total. The third-order valence-corrected chi connectivity index (χ3v) is 2.91. The standard InChI is InChI=1S/C16H24N2O2/c1-4-6-9-12-17-16(20-5-2)18-15(19)14-11-8-7-10-13(14)3/h7-8,10-11H,4-6,9,12H2,1-3H3,(H,17,18,19). The molecule has 20 heavy (non-hydrogen) atoms. The van der Waals surface area contributed by atoms with Gasteiger partial charge in [0.1, 0.15) is 0 Å². The summed E-state index contributed by atoms with van der Waals surface area (Å²) in [4.78, 5) is 16.5. The van der Waals surface area contributed by atoms with E-state index >= 15 is 0 Å². The first kappa shape index (κ1) is 16.2. The molecule has 110 valence electrons. The molecule has 1 amide bonds. The maximum atomic E-state index is 12.2. The SMILES string of the molecule is CCCCCN=C(NC(=O)c1ccccc1C)OCC. The molecule has 1 aromatic carbocycles. The van der Waals surface area contributed by atoms with Gasteiger partial charge in [0.15, 0.2) is 0 Å². The van der Waals surface area contributed by atoms with Crippen molar-refractivity contribution in [1.29, 1.82) is 0 Å². The molecular formula is C16H24N2O2. The van der Waals surface area contributed by atoms with E-state index < -0.39 is 0 Å². The average Bonchev–Trinajstić information content (AvgIpc) is 2.44. The fourth-order valence-corrected chi connectivity index (χ4v) is 1.79. The van der Waals surface area contributed by atoms with Crippen LogP contribution < -0.4 is 5.32 Å². The van der Waals surface area contributed by atoms with Gasteiger partial charge in [0.2, 0.25) is 0 Å². The van der Waals surface area contributed by atoms with Crippen molar-refractivity contribution in [3.8, 4) is 0 Å². The maximum absolute atomic E-state index is 12.2. The monoisotopic (exact) mass is 276 g/mol. The third kappa shape index (κ3) is 5.43. The summed E-state index contributed by atoms with van der Waals surface area (Å²) in [5, 5.41) is 2.74. The number of rotatable bonds is 6. The highest BCUT2D eigenvalue weighted by Crippen LogP contribution is 2.06. The number of benzene rings is 1. The van der Waals surface area contributed by atoms with Crippen LogP contribution >= 0.6 is 0 Å². The number of amidine groups is 1. The fraction of sp³-hybridized carbons (Fsp3) is 0.500. The summed E-state index contributed by atoms with van der Waals surface area (Å²) >= 11 is 0. The predicted octanol–water partition coefficient (Wildman–Crippen LogP) is 3.31. The summed E-state index contributed by atoms with van der Waals surface area (Å²) in [5.74, 6) is -0.175. The zero-order valence-corrected chi connectivity index (χ0v) is 12.6. The lowest BCUT2D eigenvalue weighted by Gasteiger charge is -2.10. The van der Waals surface area contributed by atoms with Gasteiger partial charge in [0.25, 0.3) is 11.9 Å². The number of carbonyl (C=O) groups excluding carboxylic acids is 1. The first-order chi connectivity index (χ1) is 9.69. The zero-order chi connectivity index (χ0) is 14.8. The van der Waals surface area contributed by atoms with Crippen LogP contribution in [-0.2, 0) is 4.74 Å². The molecule has 0 bridgehead atoms. The highest BCUT2D eigenvalue weighted by molar-refractivity contribution is 6.04. The molecule has 0 atom stereocenters. The number of aliphatic imine (C=N–C) groups is 1. The second-order valence-electron chi connectivity index (χ2n) is 4.60. The van der Waals surface area contributed by atoms with Crippen LogP contribution in [0.5, 0.6) is 0 Å². The molecule has 0 radical (unpaired) electrons. The lowest BCUT2D eigenvalue weighted by Crippen LogP contribution is -2.33. The van der Waals surface area contributed by atoms with Crippen LogP contribution in [0, 0.1) is 6.92 Å². The quantitative estimate of drug-likeness (QED) is 0.492. The van der Waals surface area contributed by atoms with E-state index in [-0.39, 0.29) is 5.91 Å². The van der Waals surface area contributed by atoms with Crippen molar-refractivity contribution in [2.75, 3.05) is 13.2 Å². The Morgan fingerprint density at radius 2 is 2.00 bits per heavy atom. The number of carbonyl (C=O) groups is 1. The van der Waals surface area contributed by atoms with E-state index in [1.807, 2.05) is 32.0 Å². The van der Waals surface area contributed by atoms with Crippen LogP contribution in [-0.4, -0.2) is 25.1 Å². The van der Waals surface area contributed by atoms with Crippen molar-refractivity contribution in [1.82, 2.24) is 5.32 Å². The van der Waals surface area contributed by atoms with Crippen LogP contribution in [0.2, 0.25) is 0 Å².